The summed E-state index contributed by atoms with van der Waals surface area (Å²) in [4.78, 5) is 6.17. The van der Waals surface area contributed by atoms with E-state index in [1.54, 1.807) is 12.4 Å². The van der Waals surface area contributed by atoms with E-state index in [4.69, 9.17) is 9.31 Å². The third kappa shape index (κ3) is 3.02. The number of aromatic nitrogens is 1. The van der Waals surface area contributed by atoms with Gasteiger partial charge in [0, 0.05) is 38.7 Å². The van der Waals surface area contributed by atoms with Crippen LogP contribution in [0.5, 0.6) is 0 Å². The third-order valence-electron chi connectivity index (χ3n) is 2.46. The second-order valence-corrected chi connectivity index (χ2v) is 3.66. The van der Waals surface area contributed by atoms with Gasteiger partial charge < -0.3 is 14.2 Å². The first kappa shape index (κ1) is 10.6. The lowest BCUT2D eigenvalue weighted by Crippen LogP contribution is -2.43. The summed E-state index contributed by atoms with van der Waals surface area (Å²) in [6.45, 7) is 3.29. The maximum Gasteiger partial charge on any atom is 0.494 e. The van der Waals surface area contributed by atoms with Gasteiger partial charge >= 0.3 is 7.12 Å². The van der Waals surface area contributed by atoms with E-state index in [-0.39, 0.29) is 7.12 Å². The van der Waals surface area contributed by atoms with Crippen LogP contribution in [0.3, 0.4) is 0 Å². The molecular formula is C10H15BN2O2. The molecule has 0 unspecified atom stereocenters. The van der Waals surface area contributed by atoms with Gasteiger partial charge in [-0.3, -0.25) is 4.98 Å². The molecule has 1 aromatic heterocycles. The molecule has 1 fully saturated rings. The van der Waals surface area contributed by atoms with Crippen LogP contribution in [0.2, 0.25) is 0 Å². The van der Waals surface area contributed by atoms with Gasteiger partial charge in [0.05, 0.1) is 0 Å². The predicted molar refractivity (Wildman–Crippen MR) is 59.0 cm³/mol. The number of rotatable bonds is 1. The van der Waals surface area contributed by atoms with Crippen LogP contribution in [0.25, 0.3) is 0 Å². The fourth-order valence-electron chi connectivity index (χ4n) is 1.50. The fraction of sp³-hybridized carbons (Fsp3) is 0.500. The van der Waals surface area contributed by atoms with Gasteiger partial charge in [-0.2, -0.15) is 0 Å². The molecule has 1 saturated heterocycles. The molecule has 1 aromatic rings. The number of pyridine rings is 1. The highest BCUT2D eigenvalue weighted by atomic mass is 16.6. The molecule has 0 aromatic carbocycles. The predicted octanol–water partition coefficient (Wildman–Crippen LogP) is -0.245. The van der Waals surface area contributed by atoms with Gasteiger partial charge in [0.15, 0.2) is 0 Å². The quantitative estimate of drug-likeness (QED) is 0.593. The lowest BCUT2D eigenvalue weighted by molar-refractivity contribution is 0.132. The van der Waals surface area contributed by atoms with E-state index in [2.05, 4.69) is 16.9 Å². The molecule has 0 saturated carbocycles. The molecule has 0 aliphatic carbocycles. The Kier molecular flexibility index (Phi) is 3.72. The Balaban J connectivity index is 1.98. The Morgan fingerprint density at radius 1 is 1.20 bits per heavy atom. The summed E-state index contributed by atoms with van der Waals surface area (Å²) in [5, 5.41) is 0. The van der Waals surface area contributed by atoms with Crippen molar-refractivity contribution in [2.75, 3.05) is 33.4 Å². The van der Waals surface area contributed by atoms with E-state index in [1.165, 1.54) is 0 Å². The molecule has 1 aliphatic heterocycles. The molecule has 4 nitrogen and oxygen atoms in total. The van der Waals surface area contributed by atoms with Crippen molar-refractivity contribution in [3.05, 3.63) is 24.5 Å². The maximum absolute atomic E-state index is 5.65. The average molecular weight is 206 g/mol. The van der Waals surface area contributed by atoms with E-state index in [0.29, 0.717) is 13.2 Å². The van der Waals surface area contributed by atoms with Crippen molar-refractivity contribution < 1.29 is 9.31 Å². The minimum Gasteiger partial charge on any atom is -0.406 e. The largest absolute Gasteiger partial charge is 0.494 e. The SMILES string of the molecule is CN1CCOB(c2ccncc2)OCC1. The Bertz CT molecular complexity index is 287. The van der Waals surface area contributed by atoms with Crippen LogP contribution < -0.4 is 5.46 Å². The molecule has 5 heteroatoms. The number of hydrogen-bond donors (Lipinski definition) is 0. The highest BCUT2D eigenvalue weighted by Crippen LogP contribution is 1.97. The highest BCUT2D eigenvalue weighted by molar-refractivity contribution is 6.61. The minimum absolute atomic E-state index is 0.235. The molecule has 0 spiro atoms. The smallest absolute Gasteiger partial charge is 0.406 e. The second kappa shape index (κ2) is 5.25. The van der Waals surface area contributed by atoms with Crippen molar-refractivity contribution in [1.82, 2.24) is 9.88 Å². The summed E-state index contributed by atoms with van der Waals surface area (Å²) >= 11 is 0. The van der Waals surface area contributed by atoms with Gasteiger partial charge in [-0.05, 0) is 24.6 Å². The maximum atomic E-state index is 5.65. The van der Waals surface area contributed by atoms with Crippen LogP contribution in [0.1, 0.15) is 0 Å². The van der Waals surface area contributed by atoms with Gasteiger partial charge in [0.2, 0.25) is 0 Å². The van der Waals surface area contributed by atoms with E-state index in [1.807, 2.05) is 12.1 Å². The average Bonchev–Trinajstić information content (AvgIpc) is 2.24. The van der Waals surface area contributed by atoms with Crippen LogP contribution >= 0.6 is 0 Å². The summed E-state index contributed by atoms with van der Waals surface area (Å²) < 4.78 is 11.3. The Hall–Kier alpha value is -0.905. The minimum atomic E-state index is -0.235. The van der Waals surface area contributed by atoms with Crippen LogP contribution in [0.15, 0.2) is 24.5 Å². The Morgan fingerprint density at radius 3 is 2.40 bits per heavy atom. The monoisotopic (exact) mass is 206 g/mol. The van der Waals surface area contributed by atoms with Crippen molar-refractivity contribution in [3.8, 4) is 0 Å². The number of nitrogens with zero attached hydrogens (tertiary/aromatic N) is 2. The molecule has 15 heavy (non-hydrogen) atoms. The van der Waals surface area contributed by atoms with E-state index >= 15 is 0 Å². The first-order valence-electron chi connectivity index (χ1n) is 5.18. The summed E-state index contributed by atoms with van der Waals surface area (Å²) in [6.07, 6.45) is 3.51. The molecule has 2 heterocycles. The zero-order valence-electron chi connectivity index (χ0n) is 8.93. The van der Waals surface area contributed by atoms with Crippen LogP contribution in [0, 0.1) is 0 Å². The molecule has 0 N–H and O–H groups in total. The van der Waals surface area contributed by atoms with Crippen LogP contribution in [-0.2, 0) is 9.31 Å². The first-order valence-corrected chi connectivity index (χ1v) is 5.18. The summed E-state index contributed by atoms with van der Waals surface area (Å²) in [5.74, 6) is 0. The fourth-order valence-corrected chi connectivity index (χ4v) is 1.50. The molecule has 0 amide bonds. The molecule has 2 rings (SSSR count). The molecule has 80 valence electrons. The van der Waals surface area contributed by atoms with Gasteiger partial charge in [0.1, 0.15) is 0 Å². The van der Waals surface area contributed by atoms with Gasteiger partial charge in [-0.1, -0.05) is 0 Å². The normalized spacial score (nSPS) is 19.7. The Morgan fingerprint density at radius 2 is 1.80 bits per heavy atom. The van der Waals surface area contributed by atoms with E-state index in [9.17, 15) is 0 Å². The summed E-state index contributed by atoms with van der Waals surface area (Å²) in [5.41, 5.74) is 1.04. The third-order valence-corrected chi connectivity index (χ3v) is 2.46. The molecule has 0 bridgehead atoms. The summed E-state index contributed by atoms with van der Waals surface area (Å²) in [6, 6.07) is 3.85. The van der Waals surface area contributed by atoms with Gasteiger partial charge in [0.25, 0.3) is 0 Å². The van der Waals surface area contributed by atoms with Crippen molar-refractivity contribution >= 4 is 12.6 Å². The van der Waals surface area contributed by atoms with Crippen molar-refractivity contribution in [2.45, 2.75) is 0 Å². The van der Waals surface area contributed by atoms with Crippen LogP contribution in [-0.4, -0.2) is 50.4 Å². The molecule has 1 aliphatic rings. The lowest BCUT2D eigenvalue weighted by atomic mass is 9.79. The number of likely N-dealkylation sites (N-methyl/N-ethyl adjacent to an activating group) is 1. The van der Waals surface area contributed by atoms with Crippen molar-refractivity contribution in [1.29, 1.82) is 0 Å². The first-order chi connectivity index (χ1) is 7.36. The Labute approximate surface area is 90.3 Å². The van der Waals surface area contributed by atoms with E-state index in [0.717, 1.165) is 18.6 Å². The van der Waals surface area contributed by atoms with Crippen molar-refractivity contribution in [3.63, 3.8) is 0 Å². The standard InChI is InChI=1S/C10H15BN2O2/c1-13-6-8-14-11(15-9-7-13)10-2-4-12-5-3-10/h2-5H,6-9H2,1H3. The zero-order chi connectivity index (χ0) is 10.5. The zero-order valence-corrected chi connectivity index (χ0v) is 8.93. The van der Waals surface area contributed by atoms with E-state index < -0.39 is 0 Å². The molecular weight excluding hydrogens is 191 g/mol. The van der Waals surface area contributed by atoms with Gasteiger partial charge in [-0.25, -0.2) is 0 Å². The highest BCUT2D eigenvalue weighted by Gasteiger charge is 2.22. The summed E-state index contributed by atoms with van der Waals surface area (Å²) in [7, 11) is 1.83. The molecule has 0 radical (unpaired) electrons. The number of hydrogen-bond acceptors (Lipinski definition) is 4. The van der Waals surface area contributed by atoms with Crippen molar-refractivity contribution in [2.24, 2.45) is 0 Å². The second-order valence-electron chi connectivity index (χ2n) is 3.66. The van der Waals surface area contributed by atoms with Crippen LogP contribution in [0.4, 0.5) is 0 Å². The van der Waals surface area contributed by atoms with Gasteiger partial charge in [-0.15, -0.1) is 0 Å². The topological polar surface area (TPSA) is 34.6 Å². The molecule has 0 atom stereocenters. The lowest BCUT2D eigenvalue weighted by Gasteiger charge is -2.23.